The average Bonchev–Trinajstić information content (AvgIpc) is 2.56. The lowest BCUT2D eigenvalue weighted by Crippen LogP contribution is -2.29. The highest BCUT2D eigenvalue weighted by molar-refractivity contribution is 6.31. The molecule has 0 fully saturated rings. The third-order valence-electron chi connectivity index (χ3n) is 3.60. The van der Waals surface area contributed by atoms with Crippen molar-refractivity contribution in [1.82, 2.24) is 4.98 Å². The number of aliphatic hydroxyl groups is 1. The van der Waals surface area contributed by atoms with Crippen LogP contribution in [0.4, 0.5) is 0 Å². The van der Waals surface area contributed by atoms with Gasteiger partial charge in [-0.25, -0.2) is 0 Å². The van der Waals surface area contributed by atoms with Crippen LogP contribution in [0.15, 0.2) is 73.1 Å². The van der Waals surface area contributed by atoms with Crippen LogP contribution in [0.5, 0.6) is 0 Å². The molecule has 4 heteroatoms. The van der Waals surface area contributed by atoms with Crippen LogP contribution in [-0.4, -0.2) is 10.1 Å². The van der Waals surface area contributed by atoms with Crippen molar-refractivity contribution in [2.75, 3.05) is 0 Å². The zero-order chi connectivity index (χ0) is 15.6. The minimum atomic E-state index is -1.39. The number of hydrogen-bond acceptors (Lipinski definition) is 2. The predicted molar refractivity (Wildman–Crippen MR) is 89.2 cm³/mol. The van der Waals surface area contributed by atoms with Crippen molar-refractivity contribution in [2.24, 2.45) is 0 Å². The highest BCUT2D eigenvalue weighted by atomic mass is 35.5. The van der Waals surface area contributed by atoms with E-state index in [1.165, 1.54) is 0 Å². The van der Waals surface area contributed by atoms with E-state index >= 15 is 0 Å². The fraction of sp³-hybridized carbons (Fsp3) is 0.0556. The van der Waals surface area contributed by atoms with Crippen LogP contribution in [0.25, 0.3) is 0 Å². The maximum absolute atomic E-state index is 11.5. The molecule has 0 aliphatic carbocycles. The van der Waals surface area contributed by atoms with Crippen LogP contribution < -0.4 is 0 Å². The van der Waals surface area contributed by atoms with Gasteiger partial charge in [-0.2, -0.15) is 0 Å². The van der Waals surface area contributed by atoms with Crippen molar-refractivity contribution >= 4 is 23.2 Å². The molecule has 0 radical (unpaired) electrons. The van der Waals surface area contributed by atoms with Crippen molar-refractivity contribution in [3.8, 4) is 0 Å². The average molecular weight is 330 g/mol. The van der Waals surface area contributed by atoms with Crippen LogP contribution in [0.2, 0.25) is 10.0 Å². The molecule has 1 atom stereocenters. The van der Waals surface area contributed by atoms with E-state index in [9.17, 15) is 5.11 Å². The van der Waals surface area contributed by atoms with Gasteiger partial charge in [-0.3, -0.25) is 4.98 Å². The van der Waals surface area contributed by atoms with Gasteiger partial charge in [0.25, 0.3) is 0 Å². The lowest BCUT2D eigenvalue weighted by Gasteiger charge is -2.30. The summed E-state index contributed by atoms with van der Waals surface area (Å²) in [4.78, 5) is 4.12. The molecule has 0 bridgehead atoms. The molecule has 0 saturated heterocycles. The molecule has 0 aliphatic heterocycles. The maximum Gasteiger partial charge on any atom is 0.143 e. The van der Waals surface area contributed by atoms with E-state index in [-0.39, 0.29) is 0 Å². The molecule has 0 spiro atoms. The maximum atomic E-state index is 11.5. The Balaban J connectivity index is 2.27. The monoisotopic (exact) mass is 329 g/mol. The van der Waals surface area contributed by atoms with E-state index in [4.69, 9.17) is 23.2 Å². The first kappa shape index (κ1) is 15.0. The Morgan fingerprint density at radius 2 is 1.55 bits per heavy atom. The Labute approximate surface area is 139 Å². The quantitative estimate of drug-likeness (QED) is 0.757. The second-order valence-corrected chi connectivity index (χ2v) is 5.78. The van der Waals surface area contributed by atoms with Gasteiger partial charge in [0.15, 0.2) is 0 Å². The summed E-state index contributed by atoms with van der Waals surface area (Å²) in [6, 6.07) is 17.9. The predicted octanol–water partition coefficient (Wildman–Crippen LogP) is 4.67. The normalized spacial score (nSPS) is 13.6. The SMILES string of the molecule is O[C@](c1ccc(Cl)cc1)(c1cccnc1)c1ccccc1Cl. The molecule has 2 nitrogen and oxygen atoms in total. The van der Waals surface area contributed by atoms with Gasteiger partial charge >= 0.3 is 0 Å². The molecule has 3 aromatic rings. The van der Waals surface area contributed by atoms with E-state index < -0.39 is 5.60 Å². The molecule has 0 saturated carbocycles. The summed E-state index contributed by atoms with van der Waals surface area (Å²) in [5.41, 5.74) is 0.535. The smallest absolute Gasteiger partial charge is 0.143 e. The van der Waals surface area contributed by atoms with Crippen LogP contribution in [0, 0.1) is 0 Å². The summed E-state index contributed by atoms with van der Waals surface area (Å²) in [5.74, 6) is 0. The highest BCUT2D eigenvalue weighted by Crippen LogP contribution is 2.39. The highest BCUT2D eigenvalue weighted by Gasteiger charge is 2.35. The molecule has 1 aromatic heterocycles. The molecule has 0 aliphatic rings. The number of aromatic nitrogens is 1. The minimum absolute atomic E-state index is 0.490. The topological polar surface area (TPSA) is 33.1 Å². The third-order valence-corrected chi connectivity index (χ3v) is 4.19. The summed E-state index contributed by atoms with van der Waals surface area (Å²) in [7, 11) is 0. The molecule has 1 heterocycles. The summed E-state index contributed by atoms with van der Waals surface area (Å²) < 4.78 is 0. The Bertz CT molecular complexity index is 775. The Morgan fingerprint density at radius 3 is 2.18 bits per heavy atom. The van der Waals surface area contributed by atoms with Crippen LogP contribution in [-0.2, 0) is 5.60 Å². The van der Waals surface area contributed by atoms with Gasteiger partial charge in [0, 0.05) is 33.6 Å². The zero-order valence-electron chi connectivity index (χ0n) is 11.6. The van der Waals surface area contributed by atoms with E-state index in [1.54, 1.807) is 48.8 Å². The second-order valence-electron chi connectivity index (χ2n) is 4.94. The lowest BCUT2D eigenvalue weighted by molar-refractivity contribution is 0.125. The summed E-state index contributed by atoms with van der Waals surface area (Å²) in [5, 5.41) is 12.6. The van der Waals surface area contributed by atoms with Crippen molar-refractivity contribution in [2.45, 2.75) is 5.60 Å². The fourth-order valence-corrected chi connectivity index (χ4v) is 2.90. The largest absolute Gasteiger partial charge is 0.376 e. The third kappa shape index (κ3) is 2.61. The molecule has 1 N–H and O–H groups in total. The summed E-state index contributed by atoms with van der Waals surface area (Å²) in [6.07, 6.45) is 3.30. The van der Waals surface area contributed by atoms with E-state index in [2.05, 4.69) is 4.98 Å². The molecule has 110 valence electrons. The number of hydrogen-bond donors (Lipinski definition) is 1. The molecule has 3 rings (SSSR count). The van der Waals surface area contributed by atoms with Gasteiger partial charge in [-0.1, -0.05) is 59.6 Å². The van der Waals surface area contributed by atoms with Crippen molar-refractivity contribution in [1.29, 1.82) is 0 Å². The number of halogens is 2. The molecular weight excluding hydrogens is 317 g/mol. The summed E-state index contributed by atoms with van der Waals surface area (Å²) >= 11 is 12.3. The lowest BCUT2D eigenvalue weighted by atomic mass is 9.81. The molecule has 22 heavy (non-hydrogen) atoms. The van der Waals surface area contributed by atoms with Gasteiger partial charge < -0.3 is 5.11 Å². The zero-order valence-corrected chi connectivity index (χ0v) is 13.1. The van der Waals surface area contributed by atoms with Gasteiger partial charge in [0.2, 0.25) is 0 Å². The van der Waals surface area contributed by atoms with Gasteiger partial charge in [-0.05, 0) is 29.8 Å². The van der Waals surface area contributed by atoms with Crippen LogP contribution in [0.1, 0.15) is 16.7 Å². The Morgan fingerprint density at radius 1 is 0.818 bits per heavy atom. The Hall–Kier alpha value is -1.87. The van der Waals surface area contributed by atoms with Crippen molar-refractivity contribution in [3.05, 3.63) is 99.8 Å². The molecule has 0 amide bonds. The standard InChI is InChI=1S/C18H13Cl2NO/c19-15-9-7-13(8-10-15)18(22,14-4-3-11-21-12-14)16-5-1-2-6-17(16)20/h1-12,22H/t18-/m1/s1. The van der Waals surface area contributed by atoms with Gasteiger partial charge in [0.05, 0.1) is 0 Å². The number of pyridine rings is 1. The molecule has 2 aromatic carbocycles. The van der Waals surface area contributed by atoms with E-state index in [1.807, 2.05) is 24.3 Å². The Kier molecular flexibility index (Phi) is 4.16. The summed E-state index contributed by atoms with van der Waals surface area (Å²) in [6.45, 7) is 0. The fourth-order valence-electron chi connectivity index (χ4n) is 2.50. The van der Waals surface area contributed by atoms with Crippen LogP contribution in [0.3, 0.4) is 0 Å². The van der Waals surface area contributed by atoms with Gasteiger partial charge in [0.1, 0.15) is 5.60 Å². The minimum Gasteiger partial charge on any atom is -0.376 e. The van der Waals surface area contributed by atoms with E-state index in [0.29, 0.717) is 26.7 Å². The first-order chi connectivity index (χ1) is 10.6. The first-order valence-corrected chi connectivity index (χ1v) is 7.52. The van der Waals surface area contributed by atoms with Crippen molar-refractivity contribution < 1.29 is 5.11 Å². The number of rotatable bonds is 3. The molecule has 0 unspecified atom stereocenters. The van der Waals surface area contributed by atoms with Crippen molar-refractivity contribution in [3.63, 3.8) is 0 Å². The first-order valence-electron chi connectivity index (χ1n) is 6.76. The number of benzene rings is 2. The van der Waals surface area contributed by atoms with Gasteiger partial charge in [-0.15, -0.1) is 0 Å². The molecular formula is C18H13Cl2NO. The van der Waals surface area contributed by atoms with E-state index in [0.717, 1.165) is 0 Å². The number of nitrogens with zero attached hydrogens (tertiary/aromatic N) is 1. The van der Waals surface area contributed by atoms with Crippen LogP contribution >= 0.6 is 23.2 Å². The second kappa shape index (κ2) is 6.09.